The summed E-state index contributed by atoms with van der Waals surface area (Å²) in [5, 5.41) is 47.2. The van der Waals surface area contributed by atoms with Gasteiger partial charge < -0.3 is 25.5 Å². The highest BCUT2D eigenvalue weighted by atomic mass is 16.4. The van der Waals surface area contributed by atoms with E-state index in [1.165, 1.54) is 0 Å². The van der Waals surface area contributed by atoms with E-state index in [9.17, 15) is 25.5 Å². The second-order valence-electron chi connectivity index (χ2n) is 4.05. The van der Waals surface area contributed by atoms with Gasteiger partial charge >= 0.3 is 0 Å². The second kappa shape index (κ2) is 3.41. The molecule has 0 spiro atoms. The van der Waals surface area contributed by atoms with Crippen molar-refractivity contribution in [2.75, 3.05) is 13.1 Å². The topological polar surface area (TPSA) is 104 Å². The van der Waals surface area contributed by atoms with Gasteiger partial charge in [0.2, 0.25) is 0 Å². The Morgan fingerprint density at radius 3 is 1.79 bits per heavy atom. The van der Waals surface area contributed by atoms with Crippen LogP contribution in [0.25, 0.3) is 0 Å². The zero-order valence-corrected chi connectivity index (χ0v) is 7.56. The lowest BCUT2D eigenvalue weighted by atomic mass is 9.93. The van der Waals surface area contributed by atoms with E-state index in [1.807, 2.05) is 0 Å². The summed E-state index contributed by atoms with van der Waals surface area (Å²) in [7, 11) is 0. The molecule has 6 atom stereocenters. The molecule has 5 N–H and O–H groups in total. The lowest BCUT2D eigenvalue weighted by Gasteiger charge is -2.40. The Morgan fingerprint density at radius 2 is 1.21 bits per heavy atom. The third kappa shape index (κ3) is 1.35. The van der Waals surface area contributed by atoms with Crippen molar-refractivity contribution in [3.05, 3.63) is 0 Å². The molecular formula is C8H15NO5. The summed E-state index contributed by atoms with van der Waals surface area (Å²) < 4.78 is 0. The Labute approximate surface area is 81.0 Å². The zero-order chi connectivity index (χ0) is 10.5. The molecule has 82 valence electrons. The molecule has 0 saturated carbocycles. The van der Waals surface area contributed by atoms with Gasteiger partial charge in [-0.1, -0.05) is 0 Å². The van der Waals surface area contributed by atoms with Crippen molar-refractivity contribution in [1.29, 1.82) is 0 Å². The van der Waals surface area contributed by atoms with Crippen LogP contribution < -0.4 is 0 Å². The fraction of sp³-hybridized carbons (Fsp3) is 1.00. The van der Waals surface area contributed by atoms with Crippen LogP contribution >= 0.6 is 0 Å². The fourth-order valence-corrected chi connectivity index (χ4v) is 2.31. The predicted molar refractivity (Wildman–Crippen MR) is 45.4 cm³/mol. The van der Waals surface area contributed by atoms with Crippen LogP contribution in [0, 0.1) is 0 Å². The maximum atomic E-state index is 9.58. The monoisotopic (exact) mass is 205 g/mol. The van der Waals surface area contributed by atoms with Gasteiger partial charge in [0.25, 0.3) is 0 Å². The molecule has 6 heteroatoms. The first-order valence-corrected chi connectivity index (χ1v) is 4.66. The number of fused-ring (bicyclic) bond motifs is 1. The standard InChI is InChI=1S/C8H15NO5/c10-3-1-9-2-4(11)7(13)8(14)5(9)6(3)12/h3-8,10-14H,1-2H2/t3-,4-,5-,6-,7-,8+/m1/s1. The molecule has 0 amide bonds. The molecule has 2 heterocycles. The zero-order valence-electron chi connectivity index (χ0n) is 7.56. The summed E-state index contributed by atoms with van der Waals surface area (Å²) in [5.74, 6) is 0. The van der Waals surface area contributed by atoms with Crippen molar-refractivity contribution in [3.63, 3.8) is 0 Å². The molecule has 2 rings (SSSR count). The molecule has 0 bridgehead atoms. The Kier molecular flexibility index (Phi) is 2.50. The van der Waals surface area contributed by atoms with Crippen molar-refractivity contribution < 1.29 is 25.5 Å². The molecule has 0 aromatic carbocycles. The van der Waals surface area contributed by atoms with Gasteiger partial charge in [0.15, 0.2) is 0 Å². The van der Waals surface area contributed by atoms with Crippen molar-refractivity contribution in [2.24, 2.45) is 0 Å². The number of piperidine rings is 1. The molecule has 2 aliphatic heterocycles. The van der Waals surface area contributed by atoms with Crippen LogP contribution in [-0.4, -0.2) is 80.1 Å². The number of nitrogens with zero attached hydrogens (tertiary/aromatic N) is 1. The van der Waals surface area contributed by atoms with Gasteiger partial charge in [0.05, 0.1) is 24.4 Å². The van der Waals surface area contributed by atoms with E-state index in [4.69, 9.17) is 0 Å². The molecule has 14 heavy (non-hydrogen) atoms. The summed E-state index contributed by atoms with van der Waals surface area (Å²) in [4.78, 5) is 1.59. The summed E-state index contributed by atoms with van der Waals surface area (Å²) in [6.07, 6.45) is -5.49. The highest BCUT2D eigenvalue weighted by Crippen LogP contribution is 2.28. The normalized spacial score (nSPS) is 54.6. The van der Waals surface area contributed by atoms with Crippen LogP contribution in [0.2, 0.25) is 0 Å². The summed E-state index contributed by atoms with van der Waals surface area (Å²) in [6, 6.07) is -0.677. The van der Waals surface area contributed by atoms with Crippen LogP contribution in [0.4, 0.5) is 0 Å². The van der Waals surface area contributed by atoms with Gasteiger partial charge in [-0.05, 0) is 0 Å². The van der Waals surface area contributed by atoms with Crippen LogP contribution in [0.15, 0.2) is 0 Å². The molecule has 0 unspecified atom stereocenters. The second-order valence-corrected chi connectivity index (χ2v) is 4.05. The predicted octanol–water partition coefficient (Wildman–Crippen LogP) is -3.51. The van der Waals surface area contributed by atoms with E-state index in [1.54, 1.807) is 4.90 Å². The van der Waals surface area contributed by atoms with E-state index in [-0.39, 0.29) is 13.1 Å². The minimum atomic E-state index is -1.25. The molecule has 2 saturated heterocycles. The number of rotatable bonds is 0. The van der Waals surface area contributed by atoms with Crippen molar-refractivity contribution in [1.82, 2.24) is 4.90 Å². The average molecular weight is 205 g/mol. The smallest absolute Gasteiger partial charge is 0.109 e. The molecular weight excluding hydrogens is 190 g/mol. The fourth-order valence-electron chi connectivity index (χ4n) is 2.31. The quantitative estimate of drug-likeness (QED) is 0.281. The van der Waals surface area contributed by atoms with Crippen LogP contribution in [0.5, 0.6) is 0 Å². The van der Waals surface area contributed by atoms with Crippen molar-refractivity contribution in [3.8, 4) is 0 Å². The van der Waals surface area contributed by atoms with Crippen LogP contribution in [-0.2, 0) is 0 Å². The Morgan fingerprint density at radius 1 is 0.714 bits per heavy atom. The van der Waals surface area contributed by atoms with Crippen molar-refractivity contribution >= 4 is 0 Å². The first-order chi connectivity index (χ1) is 6.52. The number of aliphatic hydroxyl groups excluding tert-OH is 5. The number of aliphatic hydroxyl groups is 5. The molecule has 2 aliphatic rings. The largest absolute Gasteiger partial charge is 0.389 e. The molecule has 0 aromatic heterocycles. The molecule has 0 aliphatic carbocycles. The van der Waals surface area contributed by atoms with Crippen LogP contribution in [0.1, 0.15) is 0 Å². The minimum absolute atomic E-state index is 0.164. The Bertz CT molecular complexity index is 224. The maximum absolute atomic E-state index is 9.58. The van der Waals surface area contributed by atoms with E-state index >= 15 is 0 Å². The summed E-state index contributed by atoms with van der Waals surface area (Å²) in [6.45, 7) is 0.379. The third-order valence-corrected chi connectivity index (χ3v) is 3.10. The highest BCUT2D eigenvalue weighted by molar-refractivity contribution is 5.04. The molecule has 0 aromatic rings. The highest BCUT2D eigenvalue weighted by Gasteiger charge is 2.51. The maximum Gasteiger partial charge on any atom is 0.109 e. The first kappa shape index (κ1) is 10.3. The Hall–Kier alpha value is -0.240. The summed E-state index contributed by atoms with van der Waals surface area (Å²) in [5.41, 5.74) is 0. The minimum Gasteiger partial charge on any atom is -0.389 e. The van der Waals surface area contributed by atoms with Crippen LogP contribution in [0.3, 0.4) is 0 Å². The van der Waals surface area contributed by atoms with E-state index < -0.39 is 36.6 Å². The molecule has 2 fully saturated rings. The third-order valence-electron chi connectivity index (χ3n) is 3.10. The van der Waals surface area contributed by atoms with Crippen molar-refractivity contribution in [2.45, 2.75) is 36.6 Å². The summed E-state index contributed by atoms with van der Waals surface area (Å²) >= 11 is 0. The van der Waals surface area contributed by atoms with Gasteiger partial charge in [-0.25, -0.2) is 0 Å². The van der Waals surface area contributed by atoms with Gasteiger partial charge in [-0.15, -0.1) is 0 Å². The number of hydrogen-bond acceptors (Lipinski definition) is 6. The average Bonchev–Trinajstić information content (AvgIpc) is 2.39. The van der Waals surface area contributed by atoms with E-state index in [0.29, 0.717) is 0 Å². The molecule has 0 radical (unpaired) electrons. The lowest BCUT2D eigenvalue weighted by molar-refractivity contribution is -0.142. The van der Waals surface area contributed by atoms with Gasteiger partial charge in [0, 0.05) is 13.1 Å². The van der Waals surface area contributed by atoms with E-state index in [2.05, 4.69) is 0 Å². The van der Waals surface area contributed by atoms with Gasteiger partial charge in [-0.3, -0.25) is 4.90 Å². The molecule has 6 nitrogen and oxygen atoms in total. The van der Waals surface area contributed by atoms with E-state index in [0.717, 1.165) is 0 Å². The first-order valence-electron chi connectivity index (χ1n) is 4.66. The van der Waals surface area contributed by atoms with Gasteiger partial charge in [-0.2, -0.15) is 0 Å². The van der Waals surface area contributed by atoms with Gasteiger partial charge in [0.1, 0.15) is 12.2 Å². The Balaban J connectivity index is 2.18. The number of hydrogen-bond donors (Lipinski definition) is 5. The SMILES string of the molecule is O[C@@H]1[C@H](O)[C@H](O)CN2C[C@@H](O)[C@@H](O)[C@H]12. The lowest BCUT2D eigenvalue weighted by Crippen LogP contribution is -2.61.